The minimum Gasteiger partial charge on any atom is -0.493 e. The zero-order valence-corrected chi connectivity index (χ0v) is 16.7. The van der Waals surface area contributed by atoms with Crippen molar-refractivity contribution in [2.24, 2.45) is 0 Å². The van der Waals surface area contributed by atoms with Crippen LogP contribution in [-0.2, 0) is 4.79 Å². The Morgan fingerprint density at radius 1 is 1.07 bits per heavy atom. The lowest BCUT2D eigenvalue weighted by Crippen LogP contribution is -2.47. The van der Waals surface area contributed by atoms with E-state index in [0.717, 1.165) is 12.8 Å². The summed E-state index contributed by atoms with van der Waals surface area (Å²) in [5, 5.41) is 0. The Balaban J connectivity index is 1.90. The van der Waals surface area contributed by atoms with Crippen molar-refractivity contribution in [3.63, 3.8) is 0 Å². The average molecular weight is 404 g/mol. The van der Waals surface area contributed by atoms with Crippen LogP contribution in [0.15, 0.2) is 42.5 Å². The van der Waals surface area contributed by atoms with E-state index < -0.39 is 23.7 Å². The van der Waals surface area contributed by atoms with Crippen molar-refractivity contribution in [3.05, 3.63) is 53.8 Å². The van der Waals surface area contributed by atoms with Gasteiger partial charge in [-0.1, -0.05) is 13.3 Å². The molecule has 29 heavy (non-hydrogen) atoms. The van der Waals surface area contributed by atoms with Crippen LogP contribution in [-0.4, -0.2) is 31.6 Å². The highest BCUT2D eigenvalue weighted by atomic mass is 19.1. The molecule has 2 N–H and O–H groups in total. The smallest absolute Gasteiger partial charge is 0.279 e. The maximum absolute atomic E-state index is 12.9. The van der Waals surface area contributed by atoms with E-state index in [1.807, 2.05) is 0 Å². The maximum Gasteiger partial charge on any atom is 0.279 e. The fourth-order valence-corrected chi connectivity index (χ4v) is 2.32. The van der Waals surface area contributed by atoms with Gasteiger partial charge in [0.1, 0.15) is 11.6 Å². The normalized spacial score (nSPS) is 11.3. The number of methoxy groups -OCH3 is 1. The molecular formula is C21H25FN2O5. The fourth-order valence-electron chi connectivity index (χ4n) is 2.32. The van der Waals surface area contributed by atoms with Crippen molar-refractivity contribution in [2.75, 3.05) is 13.7 Å². The number of ether oxygens (including phenoxy) is 3. The van der Waals surface area contributed by atoms with Gasteiger partial charge in [-0.3, -0.25) is 20.4 Å². The van der Waals surface area contributed by atoms with Gasteiger partial charge in [-0.05, 0) is 55.8 Å². The molecule has 0 saturated heterocycles. The number of halogens is 1. The molecule has 2 aromatic rings. The first-order valence-corrected chi connectivity index (χ1v) is 9.27. The lowest BCUT2D eigenvalue weighted by molar-refractivity contribution is -0.128. The van der Waals surface area contributed by atoms with Crippen LogP contribution in [0.1, 0.15) is 37.0 Å². The number of unbranched alkanes of at least 4 members (excludes halogenated alkanes) is 1. The van der Waals surface area contributed by atoms with Crippen LogP contribution >= 0.6 is 0 Å². The van der Waals surface area contributed by atoms with E-state index in [9.17, 15) is 14.0 Å². The van der Waals surface area contributed by atoms with E-state index in [2.05, 4.69) is 17.8 Å². The van der Waals surface area contributed by atoms with E-state index in [-0.39, 0.29) is 5.56 Å². The Morgan fingerprint density at radius 2 is 1.79 bits per heavy atom. The second-order valence-corrected chi connectivity index (χ2v) is 6.23. The third-order valence-corrected chi connectivity index (χ3v) is 3.98. The van der Waals surface area contributed by atoms with Gasteiger partial charge in [-0.25, -0.2) is 4.39 Å². The third-order valence-electron chi connectivity index (χ3n) is 3.98. The zero-order valence-electron chi connectivity index (χ0n) is 16.7. The molecule has 0 aliphatic carbocycles. The topological polar surface area (TPSA) is 85.9 Å². The SMILES string of the molecule is CCCCOc1ccc(C(=O)NNC(=O)[C@H](C)Oc2ccc(F)cc2)cc1OC. The summed E-state index contributed by atoms with van der Waals surface area (Å²) in [4.78, 5) is 24.4. The molecule has 2 rings (SSSR count). The molecule has 0 aliphatic rings. The number of hydrogen-bond donors (Lipinski definition) is 2. The van der Waals surface area contributed by atoms with Crippen molar-refractivity contribution < 1.29 is 28.2 Å². The van der Waals surface area contributed by atoms with Gasteiger partial charge in [0.15, 0.2) is 17.6 Å². The molecule has 0 saturated carbocycles. The van der Waals surface area contributed by atoms with Crippen molar-refractivity contribution in [3.8, 4) is 17.2 Å². The molecule has 0 unspecified atom stereocenters. The van der Waals surface area contributed by atoms with Crippen LogP contribution in [0.5, 0.6) is 17.2 Å². The van der Waals surface area contributed by atoms with E-state index >= 15 is 0 Å². The van der Waals surface area contributed by atoms with Crippen LogP contribution in [0.4, 0.5) is 4.39 Å². The molecule has 2 amide bonds. The van der Waals surface area contributed by atoms with Crippen LogP contribution in [0.2, 0.25) is 0 Å². The zero-order chi connectivity index (χ0) is 21.2. The second-order valence-electron chi connectivity index (χ2n) is 6.23. The third kappa shape index (κ3) is 6.67. The van der Waals surface area contributed by atoms with E-state index in [1.165, 1.54) is 44.4 Å². The summed E-state index contributed by atoms with van der Waals surface area (Å²) in [5.41, 5.74) is 4.91. The summed E-state index contributed by atoms with van der Waals surface area (Å²) in [7, 11) is 1.49. The molecule has 0 heterocycles. The number of rotatable bonds is 9. The van der Waals surface area contributed by atoms with Gasteiger partial charge < -0.3 is 14.2 Å². The number of nitrogens with one attached hydrogen (secondary N) is 2. The number of carbonyl (C=O) groups is 2. The van der Waals surface area contributed by atoms with E-state index in [1.54, 1.807) is 12.1 Å². The molecule has 1 atom stereocenters. The Morgan fingerprint density at radius 3 is 2.45 bits per heavy atom. The largest absolute Gasteiger partial charge is 0.493 e. The van der Waals surface area contributed by atoms with Gasteiger partial charge >= 0.3 is 0 Å². The summed E-state index contributed by atoms with van der Waals surface area (Å²) in [5.74, 6) is -0.182. The summed E-state index contributed by atoms with van der Waals surface area (Å²) < 4.78 is 29.2. The Labute approximate surface area is 169 Å². The van der Waals surface area contributed by atoms with Gasteiger partial charge in [0.25, 0.3) is 11.8 Å². The first-order chi connectivity index (χ1) is 13.9. The van der Waals surface area contributed by atoms with Crippen molar-refractivity contribution >= 4 is 11.8 Å². The van der Waals surface area contributed by atoms with E-state index in [4.69, 9.17) is 14.2 Å². The lowest BCUT2D eigenvalue weighted by atomic mass is 10.2. The van der Waals surface area contributed by atoms with Gasteiger partial charge in [0, 0.05) is 5.56 Å². The van der Waals surface area contributed by atoms with Crippen LogP contribution in [0.3, 0.4) is 0 Å². The highest BCUT2D eigenvalue weighted by molar-refractivity contribution is 5.96. The average Bonchev–Trinajstić information content (AvgIpc) is 2.73. The van der Waals surface area contributed by atoms with Crippen LogP contribution in [0, 0.1) is 5.82 Å². The Bertz CT molecular complexity index is 826. The van der Waals surface area contributed by atoms with Crippen molar-refractivity contribution in [2.45, 2.75) is 32.8 Å². The molecule has 7 nitrogen and oxygen atoms in total. The summed E-state index contributed by atoms with van der Waals surface area (Å²) >= 11 is 0. The predicted molar refractivity (Wildman–Crippen MR) is 105 cm³/mol. The maximum atomic E-state index is 12.9. The van der Waals surface area contributed by atoms with Gasteiger partial charge in [0.2, 0.25) is 0 Å². The minimum atomic E-state index is -0.898. The van der Waals surface area contributed by atoms with E-state index in [0.29, 0.717) is 23.9 Å². The molecule has 8 heteroatoms. The second kappa shape index (κ2) is 10.9. The molecular weight excluding hydrogens is 379 g/mol. The molecule has 156 valence electrons. The first-order valence-electron chi connectivity index (χ1n) is 9.27. The first kappa shape index (κ1) is 22.0. The molecule has 0 fully saturated rings. The van der Waals surface area contributed by atoms with Crippen LogP contribution in [0.25, 0.3) is 0 Å². The fraction of sp³-hybridized carbons (Fsp3) is 0.333. The minimum absolute atomic E-state index is 0.289. The highest BCUT2D eigenvalue weighted by Gasteiger charge is 2.17. The number of hydrazine groups is 1. The Kier molecular flexibility index (Phi) is 8.27. The number of amides is 2. The molecule has 0 bridgehead atoms. The summed E-state index contributed by atoms with van der Waals surface area (Å²) in [6.07, 6.45) is 1.02. The molecule has 2 aromatic carbocycles. The highest BCUT2D eigenvalue weighted by Crippen LogP contribution is 2.28. The predicted octanol–water partition coefficient (Wildman–Crippen LogP) is 3.24. The van der Waals surface area contributed by atoms with Crippen LogP contribution < -0.4 is 25.1 Å². The van der Waals surface area contributed by atoms with Crippen molar-refractivity contribution in [1.82, 2.24) is 10.9 Å². The quantitative estimate of drug-likeness (QED) is 0.495. The lowest BCUT2D eigenvalue weighted by Gasteiger charge is -2.15. The van der Waals surface area contributed by atoms with Gasteiger partial charge in [-0.2, -0.15) is 0 Å². The molecule has 0 aromatic heterocycles. The number of hydrogen-bond acceptors (Lipinski definition) is 5. The summed E-state index contributed by atoms with van der Waals surface area (Å²) in [6, 6.07) is 10.0. The molecule has 0 aliphatic heterocycles. The van der Waals surface area contributed by atoms with Crippen molar-refractivity contribution in [1.29, 1.82) is 0 Å². The Hall–Kier alpha value is -3.29. The van der Waals surface area contributed by atoms with Gasteiger partial charge in [0.05, 0.1) is 13.7 Å². The molecule has 0 spiro atoms. The summed E-state index contributed by atoms with van der Waals surface area (Å²) in [6.45, 7) is 4.13. The molecule has 0 radical (unpaired) electrons. The standard InChI is InChI=1S/C21H25FN2O5/c1-4-5-12-28-18-11-6-15(13-19(18)27-3)21(26)24-23-20(25)14(2)29-17-9-7-16(22)8-10-17/h6-11,13-14H,4-5,12H2,1-3H3,(H,23,25)(H,24,26)/t14-/m0/s1. The number of benzene rings is 2. The number of carbonyl (C=O) groups excluding carboxylic acids is 2. The van der Waals surface area contributed by atoms with Gasteiger partial charge in [-0.15, -0.1) is 0 Å². The monoisotopic (exact) mass is 404 g/mol.